The zero-order valence-corrected chi connectivity index (χ0v) is 7.00. The molecule has 0 aromatic carbocycles. The highest BCUT2D eigenvalue weighted by atomic mass is 79.9. The first-order valence-electron chi connectivity index (χ1n) is 3.03. The summed E-state index contributed by atoms with van der Waals surface area (Å²) in [5.74, 6) is 0. The standard InChI is InChI=1S/C7H8BrNO/c8-7-3-6(1-2-10)4-9-5-7/h3-5,10H,1-2H2. The van der Waals surface area contributed by atoms with Crippen molar-refractivity contribution in [3.8, 4) is 0 Å². The first-order valence-corrected chi connectivity index (χ1v) is 3.82. The third-order valence-electron chi connectivity index (χ3n) is 1.16. The van der Waals surface area contributed by atoms with E-state index in [1.54, 1.807) is 12.4 Å². The molecule has 1 aromatic rings. The third-order valence-corrected chi connectivity index (χ3v) is 1.60. The van der Waals surface area contributed by atoms with Gasteiger partial charge >= 0.3 is 0 Å². The second kappa shape index (κ2) is 3.68. The average Bonchev–Trinajstić information content (AvgIpc) is 1.88. The molecule has 10 heavy (non-hydrogen) atoms. The van der Waals surface area contributed by atoms with Gasteiger partial charge in [-0.05, 0) is 34.0 Å². The number of hydrogen-bond acceptors (Lipinski definition) is 2. The van der Waals surface area contributed by atoms with Crippen LogP contribution < -0.4 is 0 Å². The van der Waals surface area contributed by atoms with Crippen LogP contribution in [0.3, 0.4) is 0 Å². The maximum atomic E-state index is 8.57. The molecule has 0 amide bonds. The number of nitrogens with zero attached hydrogens (tertiary/aromatic N) is 1. The number of aliphatic hydroxyl groups excluding tert-OH is 1. The van der Waals surface area contributed by atoms with Crippen LogP contribution in [0.15, 0.2) is 22.9 Å². The van der Waals surface area contributed by atoms with Crippen molar-refractivity contribution >= 4 is 15.9 Å². The molecule has 0 spiro atoms. The first-order chi connectivity index (χ1) is 4.83. The zero-order chi connectivity index (χ0) is 7.40. The van der Waals surface area contributed by atoms with Gasteiger partial charge < -0.3 is 5.11 Å². The molecule has 0 fully saturated rings. The Morgan fingerprint density at radius 1 is 1.50 bits per heavy atom. The van der Waals surface area contributed by atoms with Crippen molar-refractivity contribution in [2.45, 2.75) is 6.42 Å². The van der Waals surface area contributed by atoms with Gasteiger partial charge in [-0.2, -0.15) is 0 Å². The fourth-order valence-corrected chi connectivity index (χ4v) is 1.13. The number of halogens is 1. The SMILES string of the molecule is OCCc1cncc(Br)c1. The quantitative estimate of drug-likeness (QED) is 0.785. The smallest absolute Gasteiger partial charge is 0.0472 e. The minimum absolute atomic E-state index is 0.179. The van der Waals surface area contributed by atoms with Gasteiger partial charge in [0.25, 0.3) is 0 Å². The predicted molar refractivity (Wildman–Crippen MR) is 42.7 cm³/mol. The van der Waals surface area contributed by atoms with Crippen LogP contribution in [0.1, 0.15) is 5.56 Å². The summed E-state index contributed by atoms with van der Waals surface area (Å²) in [5.41, 5.74) is 1.05. The zero-order valence-electron chi connectivity index (χ0n) is 5.42. The number of aromatic nitrogens is 1. The molecular weight excluding hydrogens is 194 g/mol. The van der Waals surface area contributed by atoms with Crippen LogP contribution in [0.25, 0.3) is 0 Å². The lowest BCUT2D eigenvalue weighted by atomic mass is 10.2. The highest BCUT2D eigenvalue weighted by Gasteiger charge is 1.91. The molecule has 1 rings (SSSR count). The molecule has 0 saturated carbocycles. The topological polar surface area (TPSA) is 33.1 Å². The van der Waals surface area contributed by atoms with E-state index in [1.165, 1.54) is 0 Å². The Morgan fingerprint density at radius 2 is 2.30 bits per heavy atom. The average molecular weight is 202 g/mol. The van der Waals surface area contributed by atoms with E-state index in [2.05, 4.69) is 20.9 Å². The second-order valence-corrected chi connectivity index (χ2v) is 2.90. The number of hydrogen-bond donors (Lipinski definition) is 1. The largest absolute Gasteiger partial charge is 0.396 e. The molecule has 0 bridgehead atoms. The molecule has 0 aliphatic rings. The number of pyridine rings is 1. The van der Waals surface area contributed by atoms with Gasteiger partial charge in [-0.25, -0.2) is 0 Å². The van der Waals surface area contributed by atoms with Gasteiger partial charge in [0, 0.05) is 23.5 Å². The Hall–Kier alpha value is -0.410. The number of rotatable bonds is 2. The highest BCUT2D eigenvalue weighted by Crippen LogP contribution is 2.09. The molecule has 0 saturated heterocycles. The van der Waals surface area contributed by atoms with Crippen LogP contribution >= 0.6 is 15.9 Å². The van der Waals surface area contributed by atoms with Gasteiger partial charge in [0.1, 0.15) is 0 Å². The van der Waals surface area contributed by atoms with Crippen molar-refractivity contribution in [3.63, 3.8) is 0 Å². The lowest BCUT2D eigenvalue weighted by molar-refractivity contribution is 0.299. The molecule has 0 unspecified atom stereocenters. The summed E-state index contributed by atoms with van der Waals surface area (Å²) in [4.78, 5) is 3.94. The summed E-state index contributed by atoms with van der Waals surface area (Å²) in [6.07, 6.45) is 4.15. The first kappa shape index (κ1) is 7.69. The molecule has 0 radical (unpaired) electrons. The van der Waals surface area contributed by atoms with Crippen LogP contribution in [0.4, 0.5) is 0 Å². The molecule has 0 aliphatic heterocycles. The molecule has 54 valence electrons. The lowest BCUT2D eigenvalue weighted by Gasteiger charge is -1.95. The predicted octanol–water partition coefficient (Wildman–Crippen LogP) is 1.38. The summed E-state index contributed by atoms with van der Waals surface area (Å²) in [6, 6.07) is 1.95. The van der Waals surface area contributed by atoms with Crippen LogP contribution in [-0.2, 0) is 6.42 Å². The van der Waals surface area contributed by atoms with E-state index in [1.807, 2.05) is 6.07 Å². The lowest BCUT2D eigenvalue weighted by Crippen LogP contribution is -1.90. The van der Waals surface area contributed by atoms with Gasteiger partial charge in [-0.3, -0.25) is 4.98 Å². The summed E-state index contributed by atoms with van der Waals surface area (Å²) < 4.78 is 0.957. The normalized spacial score (nSPS) is 9.80. The van der Waals surface area contributed by atoms with Crippen molar-refractivity contribution < 1.29 is 5.11 Å². The summed E-state index contributed by atoms with van der Waals surface area (Å²) in [7, 11) is 0. The summed E-state index contributed by atoms with van der Waals surface area (Å²) in [5, 5.41) is 8.57. The maximum absolute atomic E-state index is 8.57. The Labute approximate surface area is 68.0 Å². The van der Waals surface area contributed by atoms with Crippen molar-refractivity contribution in [2.24, 2.45) is 0 Å². The second-order valence-electron chi connectivity index (χ2n) is 1.99. The van der Waals surface area contributed by atoms with Crippen LogP contribution in [0, 0.1) is 0 Å². The van der Waals surface area contributed by atoms with Crippen molar-refractivity contribution in [2.75, 3.05) is 6.61 Å². The molecule has 0 aliphatic carbocycles. The van der Waals surface area contributed by atoms with Gasteiger partial charge in [0.05, 0.1) is 0 Å². The fraction of sp³-hybridized carbons (Fsp3) is 0.286. The molecule has 1 heterocycles. The van der Waals surface area contributed by atoms with E-state index >= 15 is 0 Å². The van der Waals surface area contributed by atoms with Crippen LogP contribution in [0.5, 0.6) is 0 Å². The van der Waals surface area contributed by atoms with Gasteiger partial charge in [-0.15, -0.1) is 0 Å². The highest BCUT2D eigenvalue weighted by molar-refractivity contribution is 9.10. The van der Waals surface area contributed by atoms with Gasteiger partial charge in [0.2, 0.25) is 0 Å². The Balaban J connectivity index is 2.75. The van der Waals surface area contributed by atoms with E-state index < -0.39 is 0 Å². The molecule has 1 N–H and O–H groups in total. The molecule has 3 heteroatoms. The minimum atomic E-state index is 0.179. The Bertz CT molecular complexity index is 215. The van der Waals surface area contributed by atoms with Crippen molar-refractivity contribution in [1.29, 1.82) is 0 Å². The Morgan fingerprint density at radius 3 is 2.90 bits per heavy atom. The summed E-state index contributed by atoms with van der Waals surface area (Å²) >= 11 is 3.29. The molecule has 1 aromatic heterocycles. The van der Waals surface area contributed by atoms with Crippen LogP contribution in [-0.4, -0.2) is 16.7 Å². The third kappa shape index (κ3) is 2.08. The minimum Gasteiger partial charge on any atom is -0.396 e. The van der Waals surface area contributed by atoms with Crippen molar-refractivity contribution in [1.82, 2.24) is 4.98 Å². The molecular formula is C7H8BrNO. The number of aliphatic hydroxyl groups is 1. The van der Waals surface area contributed by atoms with Gasteiger partial charge in [0.15, 0.2) is 0 Å². The monoisotopic (exact) mass is 201 g/mol. The van der Waals surface area contributed by atoms with Crippen molar-refractivity contribution in [3.05, 3.63) is 28.5 Å². The maximum Gasteiger partial charge on any atom is 0.0472 e. The van der Waals surface area contributed by atoms with E-state index in [9.17, 15) is 0 Å². The van der Waals surface area contributed by atoms with Gasteiger partial charge in [-0.1, -0.05) is 0 Å². The summed E-state index contributed by atoms with van der Waals surface area (Å²) in [6.45, 7) is 0.179. The fourth-order valence-electron chi connectivity index (χ4n) is 0.722. The van der Waals surface area contributed by atoms with Crippen LogP contribution in [0.2, 0.25) is 0 Å². The molecule has 0 atom stereocenters. The molecule has 2 nitrogen and oxygen atoms in total. The van der Waals surface area contributed by atoms with E-state index in [-0.39, 0.29) is 6.61 Å². The van der Waals surface area contributed by atoms with E-state index in [0.717, 1.165) is 10.0 Å². The Kier molecular flexibility index (Phi) is 2.83. The van der Waals surface area contributed by atoms with E-state index in [0.29, 0.717) is 6.42 Å². The van der Waals surface area contributed by atoms with E-state index in [4.69, 9.17) is 5.11 Å².